The molecule has 2 aliphatic rings. The van der Waals surface area contributed by atoms with Gasteiger partial charge in [-0.15, -0.1) is 24.8 Å². The molecule has 3 aromatic rings. The number of halogens is 2. The van der Waals surface area contributed by atoms with E-state index in [9.17, 15) is 4.79 Å². The molecule has 0 bridgehead atoms. The van der Waals surface area contributed by atoms with E-state index in [-0.39, 0.29) is 30.6 Å². The van der Waals surface area contributed by atoms with Crippen LogP contribution in [0.3, 0.4) is 0 Å². The molecule has 1 fully saturated rings. The van der Waals surface area contributed by atoms with Gasteiger partial charge in [-0.25, -0.2) is 0 Å². The van der Waals surface area contributed by atoms with Gasteiger partial charge in [-0.1, -0.05) is 78.9 Å². The van der Waals surface area contributed by atoms with Gasteiger partial charge >= 0.3 is 0 Å². The quantitative estimate of drug-likeness (QED) is 0.509. The minimum Gasteiger partial charge on any atom is -0.309 e. The minimum atomic E-state index is 0. The van der Waals surface area contributed by atoms with Crippen molar-refractivity contribution in [2.75, 3.05) is 26.2 Å². The molecule has 0 saturated carbocycles. The van der Waals surface area contributed by atoms with E-state index in [0.717, 1.165) is 38.0 Å². The van der Waals surface area contributed by atoms with Crippen molar-refractivity contribution in [2.45, 2.75) is 18.9 Å². The highest BCUT2D eigenvalue weighted by molar-refractivity contribution is 5.97. The zero-order chi connectivity index (χ0) is 20.3. The van der Waals surface area contributed by atoms with Gasteiger partial charge in [0.15, 0.2) is 5.78 Å². The molecule has 0 amide bonds. The van der Waals surface area contributed by atoms with Gasteiger partial charge in [0, 0.05) is 25.2 Å². The number of likely N-dealkylation sites (tertiary alicyclic amines) is 1. The van der Waals surface area contributed by atoms with Crippen LogP contribution in [-0.4, -0.2) is 36.9 Å². The number of carbonyl (C=O) groups is 1. The van der Waals surface area contributed by atoms with E-state index in [1.54, 1.807) is 0 Å². The SMILES string of the molecule is Cl.Cl.O=C(CNCC1CN(C2c3ccccc3CCc3ccccc32)C1)c1ccccc1. The van der Waals surface area contributed by atoms with Crippen LogP contribution in [-0.2, 0) is 12.8 Å². The first-order valence-corrected chi connectivity index (χ1v) is 11.0. The Morgan fingerprint density at radius 3 is 1.91 bits per heavy atom. The molecular weight excluding hydrogens is 439 g/mol. The number of nitrogens with one attached hydrogen (secondary N) is 1. The molecule has 5 heteroatoms. The molecule has 3 aromatic carbocycles. The highest BCUT2D eigenvalue weighted by atomic mass is 35.5. The third kappa shape index (κ3) is 5.07. The van der Waals surface area contributed by atoms with Gasteiger partial charge < -0.3 is 5.32 Å². The number of Topliss-reactive ketones (excluding diaryl/α,β-unsaturated/α-hetero) is 1. The van der Waals surface area contributed by atoms with Crippen molar-refractivity contribution in [3.05, 3.63) is 107 Å². The van der Waals surface area contributed by atoms with Crippen LogP contribution in [0.1, 0.15) is 38.7 Å². The molecule has 0 radical (unpaired) electrons. The highest BCUT2D eigenvalue weighted by Crippen LogP contribution is 2.39. The van der Waals surface area contributed by atoms with Crippen LogP contribution in [0.2, 0.25) is 0 Å². The van der Waals surface area contributed by atoms with E-state index >= 15 is 0 Å². The largest absolute Gasteiger partial charge is 0.309 e. The molecule has 168 valence electrons. The van der Waals surface area contributed by atoms with Crippen LogP contribution >= 0.6 is 24.8 Å². The Labute approximate surface area is 203 Å². The van der Waals surface area contributed by atoms with Crippen molar-refractivity contribution >= 4 is 30.6 Å². The summed E-state index contributed by atoms with van der Waals surface area (Å²) in [6, 6.07) is 27.8. The molecule has 0 unspecified atom stereocenters. The normalized spacial score (nSPS) is 15.9. The Bertz CT molecular complexity index is 987. The molecule has 1 N–H and O–H groups in total. The van der Waals surface area contributed by atoms with Gasteiger partial charge in [0.1, 0.15) is 0 Å². The van der Waals surface area contributed by atoms with Crippen LogP contribution in [0.4, 0.5) is 0 Å². The number of fused-ring (bicyclic) bond motifs is 2. The average Bonchev–Trinajstić information content (AvgIpc) is 2.93. The summed E-state index contributed by atoms with van der Waals surface area (Å²) in [4.78, 5) is 14.9. The van der Waals surface area contributed by atoms with E-state index in [2.05, 4.69) is 58.7 Å². The molecule has 5 rings (SSSR count). The van der Waals surface area contributed by atoms with Crippen LogP contribution in [0.15, 0.2) is 78.9 Å². The van der Waals surface area contributed by atoms with E-state index < -0.39 is 0 Å². The number of ketones is 1. The smallest absolute Gasteiger partial charge is 0.176 e. The fraction of sp³-hybridized carbons (Fsp3) is 0.296. The highest BCUT2D eigenvalue weighted by Gasteiger charge is 2.36. The monoisotopic (exact) mass is 468 g/mol. The van der Waals surface area contributed by atoms with Crippen LogP contribution in [0.25, 0.3) is 0 Å². The van der Waals surface area contributed by atoms with E-state index in [4.69, 9.17) is 0 Å². The van der Waals surface area contributed by atoms with Gasteiger partial charge in [0.05, 0.1) is 12.6 Å². The lowest BCUT2D eigenvalue weighted by atomic mass is 9.88. The second-order valence-electron chi connectivity index (χ2n) is 8.54. The molecule has 1 heterocycles. The second kappa shape index (κ2) is 11.1. The Morgan fingerprint density at radius 2 is 1.31 bits per heavy atom. The first kappa shape index (κ1) is 24.5. The summed E-state index contributed by atoms with van der Waals surface area (Å²) < 4.78 is 0. The Morgan fingerprint density at radius 1 is 0.781 bits per heavy atom. The molecular formula is C27H30Cl2N2O. The number of aryl methyl sites for hydroxylation is 2. The summed E-state index contributed by atoms with van der Waals surface area (Å²) >= 11 is 0. The predicted octanol–water partition coefficient (Wildman–Crippen LogP) is 5.12. The maximum absolute atomic E-state index is 12.3. The lowest BCUT2D eigenvalue weighted by Gasteiger charge is -2.45. The van der Waals surface area contributed by atoms with Crippen molar-refractivity contribution in [3.63, 3.8) is 0 Å². The number of hydrogen-bond acceptors (Lipinski definition) is 3. The molecule has 1 aliphatic carbocycles. The maximum Gasteiger partial charge on any atom is 0.176 e. The second-order valence-corrected chi connectivity index (χ2v) is 8.54. The van der Waals surface area contributed by atoms with Crippen LogP contribution in [0, 0.1) is 5.92 Å². The molecule has 1 saturated heterocycles. The van der Waals surface area contributed by atoms with Gasteiger partial charge in [0.2, 0.25) is 0 Å². The number of carbonyl (C=O) groups excluding carboxylic acids is 1. The lowest BCUT2D eigenvalue weighted by Crippen LogP contribution is -2.52. The zero-order valence-electron chi connectivity index (χ0n) is 18.1. The fourth-order valence-electron chi connectivity index (χ4n) is 4.95. The van der Waals surface area contributed by atoms with Crippen LogP contribution < -0.4 is 5.32 Å². The van der Waals surface area contributed by atoms with Gasteiger partial charge in [0.25, 0.3) is 0 Å². The van der Waals surface area contributed by atoms with Crippen molar-refractivity contribution in [3.8, 4) is 0 Å². The summed E-state index contributed by atoms with van der Waals surface area (Å²) in [6.45, 7) is 3.44. The van der Waals surface area contributed by atoms with Gasteiger partial charge in [-0.2, -0.15) is 0 Å². The minimum absolute atomic E-state index is 0. The third-order valence-electron chi connectivity index (χ3n) is 6.53. The Kier molecular flexibility index (Phi) is 8.50. The van der Waals surface area contributed by atoms with Crippen LogP contribution in [0.5, 0.6) is 0 Å². The molecule has 0 atom stereocenters. The van der Waals surface area contributed by atoms with Gasteiger partial charge in [-0.05, 0) is 41.0 Å². The summed E-state index contributed by atoms with van der Waals surface area (Å²) in [5, 5.41) is 3.38. The predicted molar refractivity (Wildman–Crippen MR) is 135 cm³/mol. The molecule has 0 spiro atoms. The Hall–Kier alpha value is -2.17. The number of nitrogens with zero attached hydrogens (tertiary/aromatic N) is 1. The number of hydrogen-bond donors (Lipinski definition) is 1. The van der Waals surface area contributed by atoms with Crippen molar-refractivity contribution < 1.29 is 4.79 Å². The van der Waals surface area contributed by atoms with Crippen molar-refractivity contribution in [1.29, 1.82) is 0 Å². The number of rotatable bonds is 6. The van der Waals surface area contributed by atoms with E-state index in [1.807, 2.05) is 30.3 Å². The average molecular weight is 469 g/mol. The first-order valence-electron chi connectivity index (χ1n) is 11.0. The molecule has 32 heavy (non-hydrogen) atoms. The van der Waals surface area contributed by atoms with Crippen molar-refractivity contribution in [2.24, 2.45) is 5.92 Å². The summed E-state index contributed by atoms with van der Waals surface area (Å²) in [7, 11) is 0. The zero-order valence-corrected chi connectivity index (χ0v) is 19.7. The molecule has 3 nitrogen and oxygen atoms in total. The molecule has 0 aromatic heterocycles. The van der Waals surface area contributed by atoms with Gasteiger partial charge in [-0.3, -0.25) is 9.69 Å². The van der Waals surface area contributed by atoms with Crippen molar-refractivity contribution in [1.82, 2.24) is 10.2 Å². The summed E-state index contributed by atoms with van der Waals surface area (Å²) in [6.07, 6.45) is 2.23. The fourth-order valence-corrected chi connectivity index (χ4v) is 4.95. The first-order chi connectivity index (χ1) is 14.8. The standard InChI is InChI=1S/C27H28N2O.2ClH/c30-26(23-10-2-1-3-11-23)17-28-16-20-18-29(19-20)27-24-12-6-4-8-21(24)14-15-22-9-5-7-13-25(22)27;;/h1-13,20,27-28H,14-19H2;2*1H. The number of benzene rings is 3. The summed E-state index contributed by atoms with van der Waals surface area (Å²) in [5.41, 5.74) is 6.68. The third-order valence-corrected chi connectivity index (χ3v) is 6.53. The topological polar surface area (TPSA) is 32.3 Å². The lowest BCUT2D eigenvalue weighted by molar-refractivity contribution is 0.0675. The van der Waals surface area contributed by atoms with E-state index in [0.29, 0.717) is 18.5 Å². The maximum atomic E-state index is 12.3. The summed E-state index contributed by atoms with van der Waals surface area (Å²) in [5.74, 6) is 0.759. The Balaban J connectivity index is 0.00000144. The molecule has 1 aliphatic heterocycles. The van der Waals surface area contributed by atoms with E-state index in [1.165, 1.54) is 22.3 Å².